The van der Waals surface area contributed by atoms with Crippen molar-refractivity contribution in [3.05, 3.63) is 218 Å². The quantitative estimate of drug-likeness (QED) is 0.0372. The first-order valence-corrected chi connectivity index (χ1v) is 29.9. The molecule has 394 valence electrons. The Morgan fingerprint density at radius 3 is 1.12 bits per heavy atom. The van der Waals surface area contributed by atoms with E-state index in [1.165, 1.54) is 167 Å². The van der Waals surface area contributed by atoms with E-state index in [1.807, 2.05) is 12.1 Å². The summed E-state index contributed by atoms with van der Waals surface area (Å²) in [6.45, 7) is 21.5. The van der Waals surface area contributed by atoms with Gasteiger partial charge < -0.3 is 5.11 Å². The second-order valence-electron chi connectivity index (χ2n) is 23.1. The molecule has 77 heavy (non-hydrogen) atoms. The number of fused-ring (bicyclic) bond motifs is 9. The summed E-state index contributed by atoms with van der Waals surface area (Å²) in [7, 11) is 0. The van der Waals surface area contributed by atoms with E-state index in [2.05, 4.69) is 180 Å². The molecule has 0 aliphatic heterocycles. The van der Waals surface area contributed by atoms with Crippen LogP contribution in [-0.4, -0.2) is 11.1 Å². The molecule has 3 aliphatic carbocycles. The highest BCUT2D eigenvalue weighted by Gasteiger charge is 2.46. The number of hydrogen-bond donors (Lipinski definition) is 1. The summed E-state index contributed by atoms with van der Waals surface area (Å²) in [6.07, 6.45) is 22.4. The molecule has 3 aliphatic rings. The molecule has 3 nitrogen and oxygen atoms in total. The summed E-state index contributed by atoms with van der Waals surface area (Å²) in [4.78, 5) is 14.9. The zero-order valence-corrected chi connectivity index (χ0v) is 47.0. The van der Waals surface area contributed by atoms with Crippen molar-refractivity contribution in [1.29, 1.82) is 0 Å². The van der Waals surface area contributed by atoms with Crippen LogP contribution in [0.2, 0.25) is 0 Å². The molecule has 0 atom stereocenters. The first kappa shape index (κ1) is 53.6. The molecule has 1 N–H and O–H groups in total. The van der Waals surface area contributed by atoms with Gasteiger partial charge in [0.15, 0.2) is 0 Å². The van der Waals surface area contributed by atoms with Crippen LogP contribution in [0, 0.1) is 6.57 Å². The largest absolute Gasteiger partial charge is 0.486 e. The summed E-state index contributed by atoms with van der Waals surface area (Å²) >= 11 is 0. The monoisotopic (exact) mass is 1020 g/mol. The van der Waals surface area contributed by atoms with Crippen molar-refractivity contribution in [1.82, 2.24) is 0 Å². The molecule has 0 radical (unpaired) electrons. The van der Waals surface area contributed by atoms with Gasteiger partial charge in [-0.2, -0.15) is 0 Å². The fraction of sp³-hybridized carbons (Fsp3) is 0.378. The Kier molecular flexibility index (Phi) is 16.1. The van der Waals surface area contributed by atoms with Crippen LogP contribution >= 0.6 is 0 Å². The fourth-order valence-electron chi connectivity index (χ4n) is 14.7. The first-order valence-electron chi connectivity index (χ1n) is 29.9. The van der Waals surface area contributed by atoms with Gasteiger partial charge in [-0.1, -0.05) is 258 Å². The van der Waals surface area contributed by atoms with E-state index >= 15 is 0 Å². The predicted molar refractivity (Wildman–Crippen MR) is 324 cm³/mol. The SMILES string of the molecule is [C-]#[N+]/C(=C\c1ccc(-c2ccc3c(c2)C(CCCC)(CCCC)c2cc(C(c4ccc5c(c4)C(CCCC)(CCCC)c4ccccc4-5)c4ccc5c(c4)C(CCCC)(CCCC)c4ccccc4-5)ccc2-3)cc1)C(=O)O. The lowest BCUT2D eigenvalue weighted by atomic mass is 9.68. The minimum Gasteiger partial charge on any atom is -0.486 e. The average molecular weight is 1020 g/mol. The molecule has 3 heteroatoms. The molecule has 0 bridgehead atoms. The highest BCUT2D eigenvalue weighted by atomic mass is 16.4. The molecule has 0 amide bonds. The van der Waals surface area contributed by atoms with E-state index in [0.29, 0.717) is 5.56 Å². The molecule has 7 aromatic rings. The molecular formula is C74H81NO2. The van der Waals surface area contributed by atoms with Crippen LogP contribution in [0.4, 0.5) is 0 Å². The Morgan fingerprint density at radius 2 is 0.753 bits per heavy atom. The van der Waals surface area contributed by atoms with Crippen molar-refractivity contribution in [3.63, 3.8) is 0 Å². The lowest BCUT2D eigenvalue weighted by Gasteiger charge is -2.35. The Labute approximate surface area is 461 Å². The summed E-state index contributed by atoms with van der Waals surface area (Å²) in [5, 5.41) is 9.55. The van der Waals surface area contributed by atoms with E-state index in [0.717, 1.165) is 49.7 Å². The molecule has 0 saturated heterocycles. The maximum atomic E-state index is 11.7. The van der Waals surface area contributed by atoms with E-state index in [4.69, 9.17) is 6.57 Å². The van der Waals surface area contributed by atoms with E-state index in [1.54, 1.807) is 0 Å². The van der Waals surface area contributed by atoms with Crippen molar-refractivity contribution < 1.29 is 9.90 Å². The van der Waals surface area contributed by atoms with Crippen LogP contribution in [0.3, 0.4) is 0 Å². The summed E-state index contributed by atoms with van der Waals surface area (Å²) in [5.74, 6) is -1.19. The number of hydrogen-bond acceptors (Lipinski definition) is 1. The van der Waals surface area contributed by atoms with E-state index < -0.39 is 5.97 Å². The van der Waals surface area contributed by atoms with Crippen LogP contribution in [0.25, 0.3) is 55.4 Å². The highest BCUT2D eigenvalue weighted by molar-refractivity contribution is 5.94. The second-order valence-corrected chi connectivity index (χ2v) is 23.1. The van der Waals surface area contributed by atoms with Crippen molar-refractivity contribution in [2.75, 3.05) is 0 Å². The molecule has 0 fully saturated rings. The molecule has 0 unspecified atom stereocenters. The third-order valence-electron chi connectivity index (χ3n) is 18.6. The minimum atomic E-state index is -1.21. The maximum absolute atomic E-state index is 11.7. The van der Waals surface area contributed by atoms with Gasteiger partial charge in [-0.05, 0) is 151 Å². The first-order chi connectivity index (χ1) is 37.6. The van der Waals surface area contributed by atoms with Crippen molar-refractivity contribution >= 4 is 12.0 Å². The van der Waals surface area contributed by atoms with Gasteiger partial charge in [0.05, 0.1) is 6.57 Å². The third kappa shape index (κ3) is 9.53. The van der Waals surface area contributed by atoms with Crippen LogP contribution in [0.5, 0.6) is 0 Å². The van der Waals surface area contributed by atoms with Crippen LogP contribution < -0.4 is 0 Å². The number of aliphatic carboxylic acids is 1. The number of rotatable bonds is 24. The molecule has 0 heterocycles. The van der Waals surface area contributed by atoms with E-state index in [-0.39, 0.29) is 27.9 Å². The lowest BCUT2D eigenvalue weighted by Crippen LogP contribution is -2.26. The number of benzene rings is 7. The Morgan fingerprint density at radius 1 is 0.429 bits per heavy atom. The lowest BCUT2D eigenvalue weighted by molar-refractivity contribution is -0.132. The Bertz CT molecular complexity index is 3200. The molecule has 0 aromatic heterocycles. The van der Waals surface area contributed by atoms with Crippen molar-refractivity contribution in [3.8, 4) is 44.5 Å². The summed E-state index contributed by atoms with van der Waals surface area (Å²) in [6, 6.07) is 57.1. The smallest absolute Gasteiger partial charge is 0.333 e. The molecular weight excluding hydrogens is 935 g/mol. The topological polar surface area (TPSA) is 41.7 Å². The number of carboxylic acids is 1. The van der Waals surface area contributed by atoms with Gasteiger partial charge in [0.1, 0.15) is 0 Å². The van der Waals surface area contributed by atoms with Gasteiger partial charge in [0.25, 0.3) is 5.70 Å². The van der Waals surface area contributed by atoms with E-state index in [9.17, 15) is 9.90 Å². The summed E-state index contributed by atoms with van der Waals surface area (Å²) < 4.78 is 0. The fourth-order valence-corrected chi connectivity index (χ4v) is 14.7. The van der Waals surface area contributed by atoms with Gasteiger partial charge in [-0.15, -0.1) is 0 Å². The van der Waals surface area contributed by atoms with Crippen molar-refractivity contribution in [2.45, 2.75) is 179 Å². The van der Waals surface area contributed by atoms with Gasteiger partial charge >= 0.3 is 5.97 Å². The van der Waals surface area contributed by atoms with Gasteiger partial charge in [-0.3, -0.25) is 4.79 Å². The number of unbranched alkanes of at least 4 members (excludes halogenated alkanes) is 6. The van der Waals surface area contributed by atoms with Crippen molar-refractivity contribution in [2.24, 2.45) is 0 Å². The van der Waals surface area contributed by atoms with Gasteiger partial charge in [-0.25, -0.2) is 4.85 Å². The second kappa shape index (κ2) is 23.1. The molecule has 7 aromatic carbocycles. The third-order valence-corrected chi connectivity index (χ3v) is 18.6. The highest BCUT2D eigenvalue weighted by Crippen LogP contribution is 2.59. The Hall–Kier alpha value is -6.76. The minimum absolute atomic E-state index is 0.0137. The number of carboxylic acid groups (broad SMARTS) is 1. The molecule has 0 saturated carbocycles. The maximum Gasteiger partial charge on any atom is 0.333 e. The Balaban J connectivity index is 1.19. The zero-order valence-electron chi connectivity index (χ0n) is 47.0. The summed E-state index contributed by atoms with van der Waals surface area (Å²) in [5.41, 5.74) is 24.1. The molecule has 10 rings (SSSR count). The van der Waals surface area contributed by atoms with Crippen LogP contribution in [-0.2, 0) is 21.0 Å². The standard InChI is InChI=1S/C74H81NO2/c1-8-14-40-72(41-15-9-2)63-26-22-20-24-57(63)59-37-33-54(48-66(59)72)70(55-34-38-60-58-25-21-23-27-64(58)73(42-16-10-3,43-17-11-4)67(60)49-55)56-35-39-62-61-36-32-53(52-30-28-51(29-31-52)46-69(75-7)71(76)77)47-65(61)74(44-18-12-5,45-19-13-6)68(62)50-56/h20-39,46-50,70H,8-19,40-45H2,1-6H3,(H,76,77)/b69-46-. The average Bonchev–Trinajstić information content (AvgIpc) is 4.19. The van der Waals surface area contributed by atoms with Crippen LogP contribution in [0.15, 0.2) is 151 Å². The van der Waals surface area contributed by atoms with Gasteiger partial charge in [0.2, 0.25) is 0 Å². The predicted octanol–water partition coefficient (Wildman–Crippen LogP) is 20.8. The van der Waals surface area contributed by atoms with Crippen LogP contribution in [0.1, 0.15) is 219 Å². The zero-order chi connectivity index (χ0) is 53.7. The number of nitrogens with zero attached hydrogens (tertiary/aromatic N) is 1. The molecule has 0 spiro atoms. The van der Waals surface area contributed by atoms with Gasteiger partial charge in [0, 0.05) is 22.2 Å². The number of carbonyl (C=O) groups is 1. The normalized spacial score (nSPS) is 14.9.